The number of carbonyl (C=O) groups excluding carboxylic acids is 2. The minimum atomic E-state index is -0.516. The van der Waals surface area contributed by atoms with Crippen molar-refractivity contribution in [1.82, 2.24) is 19.5 Å². The van der Waals surface area contributed by atoms with Gasteiger partial charge >= 0.3 is 12.1 Å². The van der Waals surface area contributed by atoms with Gasteiger partial charge in [-0.1, -0.05) is 42.5 Å². The lowest BCUT2D eigenvalue weighted by Gasteiger charge is -2.45. The van der Waals surface area contributed by atoms with E-state index in [1.165, 1.54) is 7.11 Å². The van der Waals surface area contributed by atoms with Gasteiger partial charge in [0, 0.05) is 54.4 Å². The average molecular weight is 592 g/mol. The Labute approximate surface area is 257 Å². The van der Waals surface area contributed by atoms with E-state index >= 15 is 0 Å². The van der Waals surface area contributed by atoms with Crippen LogP contribution in [0.1, 0.15) is 45.0 Å². The Morgan fingerprint density at radius 1 is 0.841 bits per heavy atom. The van der Waals surface area contributed by atoms with Gasteiger partial charge in [-0.25, -0.2) is 19.1 Å². The number of carbonyl (C=O) groups is 2. The summed E-state index contributed by atoms with van der Waals surface area (Å²) >= 11 is 0. The van der Waals surface area contributed by atoms with Crippen molar-refractivity contribution in [1.29, 1.82) is 0 Å². The van der Waals surface area contributed by atoms with E-state index in [-0.39, 0.29) is 24.1 Å². The summed E-state index contributed by atoms with van der Waals surface area (Å²) in [4.78, 5) is 34.0. The number of benzene rings is 3. The fourth-order valence-corrected chi connectivity index (χ4v) is 6.18. The monoisotopic (exact) mass is 591 g/mol. The number of anilines is 1. The zero-order chi connectivity index (χ0) is 31.2. The fraction of sp³-hybridized carbons (Fsp3) is 0.314. The molecule has 1 saturated heterocycles. The normalized spacial score (nSPS) is 17.2. The lowest BCUT2D eigenvalue weighted by Crippen LogP contribution is -2.58. The van der Waals surface area contributed by atoms with E-state index in [9.17, 15) is 9.59 Å². The summed E-state index contributed by atoms with van der Waals surface area (Å²) < 4.78 is 12.4. The van der Waals surface area contributed by atoms with Crippen LogP contribution in [0, 0.1) is 0 Å². The number of amides is 1. The molecule has 3 heterocycles. The average Bonchev–Trinajstić information content (AvgIpc) is 3.42. The third kappa shape index (κ3) is 5.45. The summed E-state index contributed by atoms with van der Waals surface area (Å²) in [6, 6.07) is 20.2. The van der Waals surface area contributed by atoms with Crippen LogP contribution in [0.3, 0.4) is 0 Å². The summed E-state index contributed by atoms with van der Waals surface area (Å²) in [5.74, 6) is -0.367. The molecule has 1 fully saturated rings. The van der Waals surface area contributed by atoms with Crippen LogP contribution in [-0.4, -0.2) is 69.4 Å². The SMILES string of the molecule is COC(=O)c1cccc2c(-c3cnn4cc(-c5ccc(N6[C@H](C)CN(C(=O)OC(C)(C)C)C[C@@H]6C)cc5)cnc34)cccc12. The van der Waals surface area contributed by atoms with Gasteiger partial charge in [0.1, 0.15) is 5.60 Å². The molecule has 3 aromatic carbocycles. The molecule has 1 aliphatic heterocycles. The highest BCUT2D eigenvalue weighted by Crippen LogP contribution is 2.34. The van der Waals surface area contributed by atoms with Gasteiger partial charge in [-0.2, -0.15) is 5.10 Å². The van der Waals surface area contributed by atoms with Gasteiger partial charge in [-0.3, -0.25) is 0 Å². The Hall–Kier alpha value is -4.92. The number of nitrogens with zero attached hydrogens (tertiary/aromatic N) is 5. The lowest BCUT2D eigenvalue weighted by molar-refractivity contribution is 0.0192. The van der Waals surface area contributed by atoms with E-state index in [2.05, 4.69) is 48.1 Å². The Bertz CT molecular complexity index is 1850. The van der Waals surface area contributed by atoms with Crippen molar-refractivity contribution >= 4 is 34.2 Å². The van der Waals surface area contributed by atoms with Crippen LogP contribution in [0.15, 0.2) is 79.3 Å². The van der Waals surface area contributed by atoms with Gasteiger partial charge in [-0.15, -0.1) is 0 Å². The summed E-state index contributed by atoms with van der Waals surface area (Å²) in [5.41, 5.74) is 5.65. The smallest absolute Gasteiger partial charge is 0.410 e. The molecule has 2 atom stereocenters. The molecular formula is C35H37N5O4. The molecule has 0 bridgehead atoms. The van der Waals surface area contributed by atoms with Crippen molar-refractivity contribution in [2.75, 3.05) is 25.1 Å². The number of fused-ring (bicyclic) bond motifs is 2. The van der Waals surface area contributed by atoms with Gasteiger partial charge < -0.3 is 19.3 Å². The third-order valence-electron chi connectivity index (χ3n) is 8.04. The predicted molar refractivity (Wildman–Crippen MR) is 172 cm³/mol. The van der Waals surface area contributed by atoms with Gasteiger partial charge in [0.25, 0.3) is 0 Å². The highest BCUT2D eigenvalue weighted by molar-refractivity contribution is 6.09. The van der Waals surface area contributed by atoms with Crippen molar-refractivity contribution in [3.8, 4) is 22.3 Å². The molecule has 1 amide bonds. The number of hydrogen-bond donors (Lipinski definition) is 0. The second kappa shape index (κ2) is 11.3. The second-order valence-corrected chi connectivity index (χ2v) is 12.4. The topological polar surface area (TPSA) is 89.3 Å². The molecule has 44 heavy (non-hydrogen) atoms. The first kappa shape index (κ1) is 29.2. The zero-order valence-electron chi connectivity index (χ0n) is 25.9. The molecule has 2 aromatic heterocycles. The van der Waals surface area contributed by atoms with Crippen molar-refractivity contribution in [3.05, 3.63) is 84.8 Å². The van der Waals surface area contributed by atoms with E-state index in [0.29, 0.717) is 18.7 Å². The third-order valence-corrected chi connectivity index (χ3v) is 8.04. The number of rotatable bonds is 4. The van der Waals surface area contributed by atoms with Crippen LogP contribution < -0.4 is 4.90 Å². The van der Waals surface area contributed by atoms with Crippen molar-refractivity contribution in [2.45, 2.75) is 52.3 Å². The van der Waals surface area contributed by atoms with Crippen LogP contribution in [0.4, 0.5) is 10.5 Å². The Morgan fingerprint density at radius 2 is 1.52 bits per heavy atom. The number of piperazine rings is 1. The first-order valence-electron chi connectivity index (χ1n) is 14.8. The van der Waals surface area contributed by atoms with Crippen molar-refractivity contribution < 1.29 is 19.1 Å². The van der Waals surface area contributed by atoms with E-state index in [0.717, 1.165) is 44.4 Å². The minimum Gasteiger partial charge on any atom is -0.465 e. The van der Waals surface area contributed by atoms with Gasteiger partial charge in [-0.05, 0) is 74.7 Å². The molecule has 0 saturated carbocycles. The highest BCUT2D eigenvalue weighted by Gasteiger charge is 2.34. The highest BCUT2D eigenvalue weighted by atomic mass is 16.6. The molecule has 9 nitrogen and oxygen atoms in total. The lowest BCUT2D eigenvalue weighted by atomic mass is 9.97. The van der Waals surface area contributed by atoms with Crippen molar-refractivity contribution in [2.24, 2.45) is 0 Å². The molecule has 0 aliphatic carbocycles. The number of esters is 1. The Kier molecular flexibility index (Phi) is 7.49. The maximum absolute atomic E-state index is 12.7. The maximum Gasteiger partial charge on any atom is 0.410 e. The first-order chi connectivity index (χ1) is 21.0. The molecule has 0 unspecified atom stereocenters. The van der Waals surface area contributed by atoms with E-state index in [4.69, 9.17) is 14.5 Å². The molecule has 0 N–H and O–H groups in total. The molecule has 0 radical (unpaired) electrons. The molecule has 1 aliphatic rings. The zero-order valence-corrected chi connectivity index (χ0v) is 25.9. The van der Waals surface area contributed by atoms with E-state index in [1.807, 2.05) is 69.7 Å². The maximum atomic E-state index is 12.7. The fourth-order valence-electron chi connectivity index (χ4n) is 6.18. The Morgan fingerprint density at radius 3 is 2.20 bits per heavy atom. The van der Waals surface area contributed by atoms with Crippen LogP contribution in [-0.2, 0) is 9.47 Å². The molecule has 5 aromatic rings. The summed E-state index contributed by atoms with van der Waals surface area (Å²) in [5, 5.41) is 6.38. The van der Waals surface area contributed by atoms with Crippen molar-refractivity contribution in [3.63, 3.8) is 0 Å². The summed E-state index contributed by atoms with van der Waals surface area (Å²) in [6.07, 6.45) is 5.40. The number of hydrogen-bond acceptors (Lipinski definition) is 7. The number of methoxy groups -OCH3 is 1. The summed E-state index contributed by atoms with van der Waals surface area (Å²) in [6.45, 7) is 11.2. The van der Waals surface area contributed by atoms with Gasteiger partial charge in [0.2, 0.25) is 0 Å². The number of aromatic nitrogens is 3. The summed E-state index contributed by atoms with van der Waals surface area (Å²) in [7, 11) is 1.39. The van der Waals surface area contributed by atoms with Crippen LogP contribution in [0.25, 0.3) is 38.7 Å². The molecule has 226 valence electrons. The minimum absolute atomic E-state index is 0.135. The molecule has 9 heteroatoms. The first-order valence-corrected chi connectivity index (χ1v) is 14.8. The standard InChI is InChI=1S/C35H37N5O4/c1-22-19-38(34(42)44-35(3,4)5)20-23(2)40(22)26-15-13-24(14-16-26)25-17-36-32-31(18-37-39(32)21-25)29-11-7-10-28-27(29)9-8-12-30(28)33(41)43-6/h7-18,21-23H,19-20H2,1-6H3/t22-,23+. The second-order valence-electron chi connectivity index (χ2n) is 12.4. The molecule has 6 rings (SSSR count). The van der Waals surface area contributed by atoms with E-state index < -0.39 is 5.60 Å². The predicted octanol–water partition coefficient (Wildman–Crippen LogP) is 6.84. The van der Waals surface area contributed by atoms with Crippen LogP contribution in [0.2, 0.25) is 0 Å². The largest absolute Gasteiger partial charge is 0.465 e. The van der Waals surface area contributed by atoms with Crippen LogP contribution >= 0.6 is 0 Å². The van der Waals surface area contributed by atoms with Crippen LogP contribution in [0.5, 0.6) is 0 Å². The molecule has 0 spiro atoms. The molecular weight excluding hydrogens is 554 g/mol. The Balaban J connectivity index is 1.24. The van der Waals surface area contributed by atoms with E-state index in [1.54, 1.807) is 15.5 Å². The van der Waals surface area contributed by atoms with Gasteiger partial charge in [0.15, 0.2) is 5.65 Å². The number of ether oxygens (including phenoxy) is 2. The quantitative estimate of drug-likeness (QED) is 0.212. The van der Waals surface area contributed by atoms with Gasteiger partial charge in [0.05, 0.1) is 18.9 Å².